The molecule has 10 heteroatoms. The molecule has 162 valence electrons. The van der Waals surface area contributed by atoms with E-state index in [-0.39, 0.29) is 23.3 Å². The first-order chi connectivity index (χ1) is 14.9. The lowest BCUT2D eigenvalue weighted by Crippen LogP contribution is -2.27. The zero-order chi connectivity index (χ0) is 22.0. The number of nitrogens with one attached hydrogen (secondary N) is 2. The van der Waals surface area contributed by atoms with Crippen LogP contribution >= 0.6 is 11.8 Å². The summed E-state index contributed by atoms with van der Waals surface area (Å²) in [4.78, 5) is 38.6. The van der Waals surface area contributed by atoms with Gasteiger partial charge in [0, 0.05) is 17.1 Å². The van der Waals surface area contributed by atoms with Crippen molar-refractivity contribution in [3.8, 4) is 0 Å². The molecule has 0 aromatic heterocycles. The number of benzene rings is 2. The van der Waals surface area contributed by atoms with Gasteiger partial charge >= 0.3 is 6.09 Å². The summed E-state index contributed by atoms with van der Waals surface area (Å²) in [5, 5.41) is 5.51. The van der Waals surface area contributed by atoms with Crippen LogP contribution in [0.1, 0.15) is 23.2 Å². The van der Waals surface area contributed by atoms with Gasteiger partial charge in [0.05, 0.1) is 29.2 Å². The van der Waals surface area contributed by atoms with Crippen LogP contribution in [0.15, 0.2) is 41.3 Å². The molecule has 2 aromatic carbocycles. The highest BCUT2D eigenvalue weighted by atomic mass is 32.2. The predicted molar refractivity (Wildman–Crippen MR) is 116 cm³/mol. The van der Waals surface area contributed by atoms with E-state index in [1.54, 1.807) is 6.07 Å². The Balaban J connectivity index is 1.28. The molecule has 0 radical (unpaired) electrons. The summed E-state index contributed by atoms with van der Waals surface area (Å²) in [6, 6.07) is 9.57. The largest absolute Gasteiger partial charge is 0.444 e. The lowest BCUT2D eigenvalue weighted by molar-refractivity contribution is -0.113. The summed E-state index contributed by atoms with van der Waals surface area (Å²) in [5.41, 5.74) is 6.86. The smallest absolute Gasteiger partial charge is 0.414 e. The molecule has 2 aliphatic heterocycles. The second-order valence-corrected chi connectivity index (χ2v) is 8.25. The molecule has 0 aliphatic carbocycles. The number of anilines is 3. The zero-order valence-electron chi connectivity index (χ0n) is 16.5. The molecule has 1 atom stereocenters. The number of rotatable bonds is 6. The topological polar surface area (TPSA) is 114 Å². The maximum absolute atomic E-state index is 13.5. The number of amides is 3. The van der Waals surface area contributed by atoms with Crippen molar-refractivity contribution < 1.29 is 23.5 Å². The summed E-state index contributed by atoms with van der Waals surface area (Å²) in [5.74, 6) is -0.775. The summed E-state index contributed by atoms with van der Waals surface area (Å²) >= 11 is 1.46. The molecule has 3 amide bonds. The summed E-state index contributed by atoms with van der Waals surface area (Å²) < 4.78 is 18.9. The predicted octanol–water partition coefficient (Wildman–Crippen LogP) is 2.99. The molecule has 1 saturated heterocycles. The zero-order valence-corrected chi connectivity index (χ0v) is 17.3. The van der Waals surface area contributed by atoms with Crippen molar-refractivity contribution in [2.45, 2.75) is 23.8 Å². The fraction of sp³-hybridized carbons (Fsp3) is 0.286. The number of para-hydroxylation sites is 1. The molecular formula is C21H21FN4O4S. The van der Waals surface area contributed by atoms with Crippen LogP contribution in [0.25, 0.3) is 0 Å². The number of fused-ring (bicyclic) bond motifs is 1. The second kappa shape index (κ2) is 8.84. The van der Waals surface area contributed by atoms with Crippen molar-refractivity contribution >= 4 is 46.7 Å². The van der Waals surface area contributed by atoms with Crippen LogP contribution in [0.2, 0.25) is 0 Å². The number of nitrogens with two attached hydrogens (primary N) is 1. The third-order valence-electron chi connectivity index (χ3n) is 5.07. The lowest BCUT2D eigenvalue weighted by Gasteiger charge is -2.20. The van der Waals surface area contributed by atoms with Crippen LogP contribution in [0.4, 0.5) is 26.2 Å². The van der Waals surface area contributed by atoms with Crippen LogP contribution in [0, 0.1) is 5.82 Å². The number of carbonyl (C=O) groups is 3. The second-order valence-electron chi connectivity index (χ2n) is 7.23. The molecule has 4 N–H and O–H groups in total. The molecular weight excluding hydrogens is 423 g/mol. The van der Waals surface area contributed by atoms with E-state index in [0.29, 0.717) is 43.1 Å². The molecule has 1 fully saturated rings. The molecule has 8 nitrogen and oxygen atoms in total. The van der Waals surface area contributed by atoms with Crippen molar-refractivity contribution in [2.75, 3.05) is 34.8 Å². The Morgan fingerprint density at radius 3 is 3.00 bits per heavy atom. The van der Waals surface area contributed by atoms with Gasteiger partial charge in [-0.25, -0.2) is 9.18 Å². The number of halogens is 1. The molecule has 1 unspecified atom stereocenters. The highest BCUT2D eigenvalue weighted by Gasteiger charge is 2.32. The molecule has 0 saturated carbocycles. The van der Waals surface area contributed by atoms with Crippen molar-refractivity contribution in [1.82, 2.24) is 5.32 Å². The maximum Gasteiger partial charge on any atom is 0.414 e. The number of cyclic esters (lactones) is 1. The van der Waals surface area contributed by atoms with Crippen LogP contribution in [-0.4, -0.2) is 42.9 Å². The Morgan fingerprint density at radius 1 is 1.32 bits per heavy atom. The van der Waals surface area contributed by atoms with Crippen molar-refractivity contribution in [1.29, 1.82) is 0 Å². The number of hydrogen-bond donors (Lipinski definition) is 3. The first kappa shape index (κ1) is 21.0. The van der Waals surface area contributed by atoms with Crippen LogP contribution in [-0.2, 0) is 9.53 Å². The van der Waals surface area contributed by atoms with Gasteiger partial charge in [-0.05, 0) is 43.2 Å². The summed E-state index contributed by atoms with van der Waals surface area (Å²) in [6.07, 6.45) is 0.363. The van der Waals surface area contributed by atoms with E-state index in [2.05, 4.69) is 10.6 Å². The van der Waals surface area contributed by atoms with Gasteiger partial charge in [0.25, 0.3) is 5.91 Å². The number of nitrogen functional groups attached to an aromatic ring is 1. The third-order valence-corrected chi connectivity index (χ3v) is 6.14. The Kier molecular flexibility index (Phi) is 5.99. The SMILES string of the molecule is Nc1c(F)cccc1C(=O)NCCCC1CN(c2ccc3c(c2)NC(=O)CS3)C(=O)O1. The average molecular weight is 444 g/mol. The van der Waals surface area contributed by atoms with Crippen LogP contribution in [0.3, 0.4) is 0 Å². The highest BCUT2D eigenvalue weighted by molar-refractivity contribution is 8.00. The van der Waals surface area contributed by atoms with E-state index in [1.807, 2.05) is 12.1 Å². The van der Waals surface area contributed by atoms with Gasteiger partial charge in [0.1, 0.15) is 11.9 Å². The van der Waals surface area contributed by atoms with E-state index < -0.39 is 17.8 Å². The van der Waals surface area contributed by atoms with Gasteiger partial charge in [-0.3, -0.25) is 14.5 Å². The van der Waals surface area contributed by atoms with Gasteiger partial charge in [-0.15, -0.1) is 11.8 Å². The Bertz CT molecular complexity index is 1050. The van der Waals surface area contributed by atoms with Gasteiger partial charge in [-0.1, -0.05) is 6.07 Å². The van der Waals surface area contributed by atoms with E-state index in [0.717, 1.165) is 4.90 Å². The molecule has 2 aliphatic rings. The number of thioether (sulfide) groups is 1. The average Bonchev–Trinajstić information content (AvgIpc) is 3.13. The number of nitrogens with zero attached hydrogens (tertiary/aromatic N) is 1. The fourth-order valence-corrected chi connectivity index (χ4v) is 4.27. The molecule has 31 heavy (non-hydrogen) atoms. The first-order valence-electron chi connectivity index (χ1n) is 9.79. The molecule has 0 bridgehead atoms. The normalized spacial score (nSPS) is 17.7. The third kappa shape index (κ3) is 4.58. The maximum atomic E-state index is 13.5. The monoisotopic (exact) mass is 444 g/mol. The minimum atomic E-state index is -0.633. The van der Waals surface area contributed by atoms with Crippen LogP contribution in [0.5, 0.6) is 0 Å². The Morgan fingerprint density at radius 2 is 2.16 bits per heavy atom. The van der Waals surface area contributed by atoms with Gasteiger partial charge in [-0.2, -0.15) is 0 Å². The number of hydrogen-bond acceptors (Lipinski definition) is 6. The standard InChI is InChI=1S/C21H21FN4O4S/c22-15-5-1-4-14(19(15)23)20(28)24-8-2-3-13-10-26(21(29)30-13)12-6-7-17-16(9-12)25-18(27)11-31-17/h1,4-7,9,13H,2-3,8,10-11,23H2,(H,24,28)(H,25,27). The highest BCUT2D eigenvalue weighted by Crippen LogP contribution is 2.35. The van der Waals surface area contributed by atoms with E-state index in [1.165, 1.54) is 34.9 Å². The minimum absolute atomic E-state index is 0.0708. The van der Waals surface area contributed by atoms with Gasteiger partial charge < -0.3 is 21.1 Å². The number of ether oxygens (including phenoxy) is 1. The van der Waals surface area contributed by atoms with Crippen molar-refractivity contribution in [3.63, 3.8) is 0 Å². The van der Waals surface area contributed by atoms with E-state index >= 15 is 0 Å². The summed E-state index contributed by atoms with van der Waals surface area (Å²) in [7, 11) is 0. The minimum Gasteiger partial charge on any atom is -0.444 e. The first-order valence-corrected chi connectivity index (χ1v) is 10.8. The van der Waals surface area contributed by atoms with Crippen molar-refractivity contribution in [2.24, 2.45) is 0 Å². The van der Waals surface area contributed by atoms with E-state index in [9.17, 15) is 18.8 Å². The van der Waals surface area contributed by atoms with Crippen LogP contribution < -0.4 is 21.3 Å². The number of carbonyl (C=O) groups excluding carboxylic acids is 3. The molecule has 4 rings (SSSR count). The quantitative estimate of drug-likeness (QED) is 0.466. The summed E-state index contributed by atoms with van der Waals surface area (Å²) in [6.45, 7) is 0.717. The van der Waals surface area contributed by atoms with Gasteiger partial charge in [0.2, 0.25) is 5.91 Å². The molecule has 2 heterocycles. The van der Waals surface area contributed by atoms with E-state index in [4.69, 9.17) is 10.5 Å². The molecule has 2 aromatic rings. The lowest BCUT2D eigenvalue weighted by atomic mass is 10.1. The Hall–Kier alpha value is -3.27. The fourth-order valence-electron chi connectivity index (χ4n) is 3.48. The van der Waals surface area contributed by atoms with Gasteiger partial charge in [0.15, 0.2) is 0 Å². The molecule has 0 spiro atoms. The van der Waals surface area contributed by atoms with Crippen molar-refractivity contribution in [3.05, 3.63) is 47.8 Å². The Labute approximate surface area is 182 Å².